The van der Waals surface area contributed by atoms with Gasteiger partial charge < -0.3 is 19.9 Å². The first-order chi connectivity index (χ1) is 26.9. The van der Waals surface area contributed by atoms with Crippen LogP contribution in [0.25, 0.3) is 21.3 Å². The molecule has 56 heavy (non-hydrogen) atoms. The number of imidazole rings is 1. The minimum atomic E-state index is -4.67. The SMILES string of the molecule is COc1cc2nc(N3CCC(CN4CCN(c5cccc6c5n(C)c(=O)n6C5CCC(=O)NC5=O)CC4)CC3)sc2cc1NC(=O)c1cccc(C(F)(F)F)n1. The van der Waals surface area contributed by atoms with Crippen molar-refractivity contribution >= 4 is 66.8 Å². The number of nitrogens with one attached hydrogen (secondary N) is 2. The van der Waals surface area contributed by atoms with E-state index < -0.39 is 29.7 Å². The summed E-state index contributed by atoms with van der Waals surface area (Å²) >= 11 is 1.48. The van der Waals surface area contributed by atoms with Crippen molar-refractivity contribution < 1.29 is 32.3 Å². The van der Waals surface area contributed by atoms with Crippen LogP contribution in [0.1, 0.15) is 47.9 Å². The van der Waals surface area contributed by atoms with Crippen LogP contribution in [-0.4, -0.2) is 94.6 Å². The number of hydrogen-bond donors (Lipinski definition) is 2. The number of anilines is 3. The van der Waals surface area contributed by atoms with Gasteiger partial charge in [0.25, 0.3) is 5.91 Å². The minimum absolute atomic E-state index is 0.193. The van der Waals surface area contributed by atoms with Crippen molar-refractivity contribution in [3.05, 3.63) is 70.4 Å². The maximum Gasteiger partial charge on any atom is 0.433 e. The van der Waals surface area contributed by atoms with E-state index >= 15 is 0 Å². The van der Waals surface area contributed by atoms with Crippen molar-refractivity contribution in [2.24, 2.45) is 13.0 Å². The zero-order valence-electron chi connectivity index (χ0n) is 30.8. The van der Waals surface area contributed by atoms with Crippen molar-refractivity contribution in [1.29, 1.82) is 0 Å². The third-order valence-electron chi connectivity index (χ3n) is 10.9. The van der Waals surface area contributed by atoms with E-state index in [2.05, 4.69) is 30.3 Å². The van der Waals surface area contributed by atoms with Crippen LogP contribution in [0.15, 0.2) is 53.3 Å². The zero-order chi connectivity index (χ0) is 39.3. The molecule has 3 saturated heterocycles. The van der Waals surface area contributed by atoms with Crippen LogP contribution < -0.4 is 30.9 Å². The van der Waals surface area contributed by atoms with Crippen molar-refractivity contribution in [2.45, 2.75) is 37.9 Å². The first kappa shape index (κ1) is 37.4. The molecule has 0 bridgehead atoms. The number of carbonyl (C=O) groups is 3. The molecule has 0 spiro atoms. The molecule has 3 aromatic heterocycles. The van der Waals surface area contributed by atoms with Crippen molar-refractivity contribution in [1.82, 2.24) is 29.3 Å². The standard InChI is InChI=1S/C38H40F3N9O5S/c1-46-33-26(6-4-7-27(33)50(37(46)54)28-9-10-32(51)45-35(28)53)48-17-15-47(16-18-48)21-22-11-13-49(14-12-22)36-44-25-19-29(55-2)24(20-30(25)56-36)43-34(52)23-5-3-8-31(42-23)38(39,40)41/h3-8,19-20,22,28H,9-18,21H2,1-2H3,(H,43,52)(H,45,51,53). The number of piperazine rings is 1. The lowest BCUT2D eigenvalue weighted by Gasteiger charge is -2.39. The van der Waals surface area contributed by atoms with Crippen molar-refractivity contribution in [3.63, 3.8) is 0 Å². The second kappa shape index (κ2) is 14.9. The molecule has 3 fully saturated rings. The Morgan fingerprint density at radius 2 is 1.71 bits per heavy atom. The second-order valence-electron chi connectivity index (χ2n) is 14.4. The fourth-order valence-corrected chi connectivity index (χ4v) is 9.03. The molecule has 294 valence electrons. The Morgan fingerprint density at radius 3 is 2.43 bits per heavy atom. The van der Waals surface area contributed by atoms with E-state index in [1.165, 1.54) is 29.1 Å². The quantitative estimate of drug-likeness (QED) is 0.213. The van der Waals surface area contributed by atoms with Gasteiger partial charge >= 0.3 is 11.9 Å². The average molecular weight is 792 g/mol. The summed E-state index contributed by atoms with van der Waals surface area (Å²) in [6.07, 6.45) is -2.19. The number of piperidine rings is 2. The smallest absolute Gasteiger partial charge is 0.433 e. The fourth-order valence-electron chi connectivity index (χ4n) is 8.00. The summed E-state index contributed by atoms with van der Waals surface area (Å²) in [5.74, 6) is -0.698. The normalized spacial score (nSPS) is 18.8. The number of nitrogens with zero attached hydrogens (tertiary/aromatic N) is 7. The second-order valence-corrected chi connectivity index (χ2v) is 15.4. The molecule has 3 aliphatic rings. The Balaban J connectivity index is 0.877. The van der Waals surface area contributed by atoms with Gasteiger partial charge in [0.15, 0.2) is 5.13 Å². The monoisotopic (exact) mass is 791 g/mol. The molecule has 2 N–H and O–H groups in total. The number of pyridine rings is 1. The van der Waals surface area contributed by atoms with Crippen LogP contribution in [0, 0.1) is 5.92 Å². The van der Waals surface area contributed by atoms with E-state index in [1.54, 1.807) is 23.7 Å². The van der Waals surface area contributed by atoms with E-state index in [0.29, 0.717) is 34.8 Å². The number of rotatable bonds is 8. The van der Waals surface area contributed by atoms with Gasteiger partial charge in [0, 0.05) is 65.3 Å². The third kappa shape index (κ3) is 7.18. The number of fused-ring (bicyclic) bond motifs is 2. The summed E-state index contributed by atoms with van der Waals surface area (Å²) < 4.78 is 48.9. The number of ether oxygens (including phenoxy) is 1. The Bertz CT molecular complexity index is 2390. The van der Waals surface area contributed by atoms with Gasteiger partial charge in [-0.05, 0) is 55.5 Å². The molecule has 3 aliphatic heterocycles. The number of alkyl halides is 3. The highest BCUT2D eigenvalue weighted by atomic mass is 32.1. The van der Waals surface area contributed by atoms with Gasteiger partial charge in [-0.2, -0.15) is 13.2 Å². The van der Waals surface area contributed by atoms with E-state index in [4.69, 9.17) is 9.72 Å². The van der Waals surface area contributed by atoms with Crippen LogP contribution in [0.4, 0.5) is 29.7 Å². The minimum Gasteiger partial charge on any atom is -0.494 e. The number of hydrogen-bond acceptors (Lipinski definition) is 11. The highest BCUT2D eigenvalue weighted by Crippen LogP contribution is 2.38. The number of halogens is 3. The summed E-state index contributed by atoms with van der Waals surface area (Å²) in [6.45, 7) is 6.01. The number of aromatic nitrogens is 4. The first-order valence-electron chi connectivity index (χ1n) is 18.5. The van der Waals surface area contributed by atoms with Gasteiger partial charge in [0.05, 0.1) is 39.7 Å². The molecular weight excluding hydrogens is 752 g/mol. The van der Waals surface area contributed by atoms with Gasteiger partial charge in [-0.3, -0.25) is 33.7 Å². The highest BCUT2D eigenvalue weighted by molar-refractivity contribution is 7.22. The molecule has 14 nitrogen and oxygen atoms in total. The Kier molecular flexibility index (Phi) is 9.94. The van der Waals surface area contributed by atoms with Crippen molar-refractivity contribution in [2.75, 3.05) is 68.0 Å². The predicted molar refractivity (Wildman–Crippen MR) is 206 cm³/mol. The van der Waals surface area contributed by atoms with Gasteiger partial charge in [-0.25, -0.2) is 14.8 Å². The van der Waals surface area contributed by atoms with Crippen LogP contribution in [0.5, 0.6) is 5.75 Å². The van der Waals surface area contributed by atoms with E-state index in [-0.39, 0.29) is 23.7 Å². The maximum atomic E-state index is 13.4. The number of aryl methyl sites for hydroxylation is 1. The number of benzene rings is 2. The van der Waals surface area contributed by atoms with Crippen LogP contribution in [0.3, 0.4) is 0 Å². The molecule has 0 aliphatic carbocycles. The van der Waals surface area contributed by atoms with E-state index in [9.17, 15) is 32.3 Å². The molecular formula is C38H40F3N9O5S. The lowest BCUT2D eigenvalue weighted by molar-refractivity contribution is -0.141. The Labute approximate surface area is 322 Å². The highest BCUT2D eigenvalue weighted by Gasteiger charge is 2.34. The summed E-state index contributed by atoms with van der Waals surface area (Å²) in [5, 5.41) is 5.87. The number of amides is 3. The lowest BCUT2D eigenvalue weighted by Crippen LogP contribution is -2.49. The molecule has 2 aromatic carbocycles. The summed E-state index contributed by atoms with van der Waals surface area (Å²) in [6, 6.07) is 11.7. The first-order valence-corrected chi connectivity index (χ1v) is 19.3. The molecule has 18 heteroatoms. The van der Waals surface area contributed by atoms with Crippen LogP contribution >= 0.6 is 11.3 Å². The molecule has 0 saturated carbocycles. The lowest BCUT2D eigenvalue weighted by atomic mass is 9.96. The molecule has 1 atom stereocenters. The molecule has 0 radical (unpaired) electrons. The van der Waals surface area contributed by atoms with Gasteiger partial charge in [0.1, 0.15) is 23.2 Å². The number of carbonyl (C=O) groups excluding carboxylic acids is 3. The number of para-hydroxylation sites is 1. The van der Waals surface area contributed by atoms with Crippen molar-refractivity contribution in [3.8, 4) is 5.75 Å². The van der Waals surface area contributed by atoms with Gasteiger partial charge in [0.2, 0.25) is 11.8 Å². The Hall–Kier alpha value is -5.49. The molecule has 8 rings (SSSR count). The number of thiazole rings is 1. The summed E-state index contributed by atoms with van der Waals surface area (Å²) in [7, 11) is 3.18. The van der Waals surface area contributed by atoms with E-state index in [0.717, 1.165) is 91.8 Å². The summed E-state index contributed by atoms with van der Waals surface area (Å²) in [4.78, 5) is 66.2. The van der Waals surface area contributed by atoms with Crippen LogP contribution in [-0.2, 0) is 22.8 Å². The largest absolute Gasteiger partial charge is 0.494 e. The predicted octanol–water partition coefficient (Wildman–Crippen LogP) is 4.64. The fraction of sp³-hybridized carbons (Fsp3) is 0.421. The molecule has 5 aromatic rings. The average Bonchev–Trinajstić information content (AvgIpc) is 3.72. The van der Waals surface area contributed by atoms with Gasteiger partial charge in [-0.15, -0.1) is 0 Å². The maximum absolute atomic E-state index is 13.4. The third-order valence-corrected chi connectivity index (χ3v) is 12.0. The van der Waals surface area contributed by atoms with E-state index in [1.807, 2.05) is 18.2 Å². The zero-order valence-corrected chi connectivity index (χ0v) is 31.6. The Morgan fingerprint density at radius 1 is 0.964 bits per heavy atom. The van der Waals surface area contributed by atoms with Gasteiger partial charge in [-0.1, -0.05) is 23.5 Å². The topological polar surface area (TPSA) is 147 Å². The van der Waals surface area contributed by atoms with Crippen LogP contribution in [0.2, 0.25) is 0 Å². The number of imide groups is 1. The molecule has 6 heterocycles. The molecule has 1 unspecified atom stereocenters. The summed E-state index contributed by atoms with van der Waals surface area (Å²) in [5.41, 5.74) is 1.64. The molecule has 3 amide bonds. The number of methoxy groups -OCH3 is 1.